The summed E-state index contributed by atoms with van der Waals surface area (Å²) in [6.45, 7) is 2.25. The van der Waals surface area contributed by atoms with Crippen molar-refractivity contribution in [3.63, 3.8) is 0 Å². The van der Waals surface area contributed by atoms with Gasteiger partial charge < -0.3 is 11.1 Å². The molecule has 0 saturated heterocycles. The Balaban J connectivity index is 2.28. The van der Waals surface area contributed by atoms with Crippen LogP contribution in [0.4, 0.5) is 5.69 Å². The molecule has 0 aliphatic carbocycles. The summed E-state index contributed by atoms with van der Waals surface area (Å²) in [6, 6.07) is 12.7. The highest BCUT2D eigenvalue weighted by Gasteiger charge is 2.11. The highest BCUT2D eigenvalue weighted by Crippen LogP contribution is 2.21. The minimum atomic E-state index is -0.175. The van der Waals surface area contributed by atoms with Gasteiger partial charge in [0.2, 0.25) is 0 Å². The summed E-state index contributed by atoms with van der Waals surface area (Å²) in [6.07, 6.45) is 0. The molecule has 0 heterocycles. The molecule has 0 aliphatic rings. The van der Waals surface area contributed by atoms with Gasteiger partial charge in [0.15, 0.2) is 0 Å². The van der Waals surface area contributed by atoms with Crippen LogP contribution in [0.15, 0.2) is 42.5 Å². The van der Waals surface area contributed by atoms with Crippen molar-refractivity contribution in [3.8, 4) is 0 Å². The highest BCUT2D eigenvalue weighted by atomic mass is 35.5. The summed E-state index contributed by atoms with van der Waals surface area (Å²) in [7, 11) is 0. The molecule has 0 saturated carbocycles. The van der Waals surface area contributed by atoms with Crippen LogP contribution >= 0.6 is 11.6 Å². The molecule has 0 unspecified atom stereocenters. The molecule has 4 heteroatoms. The lowest BCUT2D eigenvalue weighted by atomic mass is 10.1. The number of nitrogens with two attached hydrogens (primary N) is 1. The molecule has 0 atom stereocenters. The van der Waals surface area contributed by atoms with Gasteiger partial charge in [-0.1, -0.05) is 35.9 Å². The molecule has 0 fully saturated rings. The second-order valence-electron chi connectivity index (χ2n) is 4.27. The van der Waals surface area contributed by atoms with E-state index >= 15 is 0 Å². The largest absolute Gasteiger partial charge is 0.326 e. The number of aryl methyl sites for hydroxylation is 1. The highest BCUT2D eigenvalue weighted by molar-refractivity contribution is 6.31. The first-order valence-corrected chi connectivity index (χ1v) is 6.35. The van der Waals surface area contributed by atoms with E-state index in [0.29, 0.717) is 22.8 Å². The zero-order valence-corrected chi connectivity index (χ0v) is 11.4. The third kappa shape index (κ3) is 3.13. The minimum absolute atomic E-state index is 0.175. The lowest BCUT2D eigenvalue weighted by Gasteiger charge is -2.11. The molecular formula is C15H15ClN2O. The maximum Gasteiger partial charge on any atom is 0.255 e. The third-order valence-corrected chi connectivity index (χ3v) is 3.16. The van der Waals surface area contributed by atoms with E-state index in [1.54, 1.807) is 18.2 Å². The van der Waals surface area contributed by atoms with Gasteiger partial charge in [-0.15, -0.1) is 0 Å². The summed E-state index contributed by atoms with van der Waals surface area (Å²) in [5.41, 5.74) is 8.71. The Labute approximate surface area is 117 Å². The fourth-order valence-corrected chi connectivity index (χ4v) is 2.01. The quantitative estimate of drug-likeness (QED) is 0.902. The maximum absolute atomic E-state index is 12.2. The van der Waals surface area contributed by atoms with Gasteiger partial charge in [0, 0.05) is 22.8 Å². The molecule has 3 N–H and O–H groups in total. The van der Waals surface area contributed by atoms with E-state index < -0.39 is 0 Å². The summed E-state index contributed by atoms with van der Waals surface area (Å²) in [4.78, 5) is 12.2. The van der Waals surface area contributed by atoms with Gasteiger partial charge in [0.1, 0.15) is 0 Å². The van der Waals surface area contributed by atoms with Crippen molar-refractivity contribution in [2.45, 2.75) is 13.5 Å². The van der Waals surface area contributed by atoms with Crippen molar-refractivity contribution in [1.82, 2.24) is 0 Å². The number of anilines is 1. The van der Waals surface area contributed by atoms with Gasteiger partial charge in [0.05, 0.1) is 0 Å². The van der Waals surface area contributed by atoms with Gasteiger partial charge in [-0.05, 0) is 36.2 Å². The summed E-state index contributed by atoms with van der Waals surface area (Å²) >= 11 is 5.93. The van der Waals surface area contributed by atoms with E-state index in [2.05, 4.69) is 5.32 Å². The smallest absolute Gasteiger partial charge is 0.255 e. The number of hydrogen-bond donors (Lipinski definition) is 2. The van der Waals surface area contributed by atoms with Crippen molar-refractivity contribution in [3.05, 3.63) is 64.2 Å². The number of carbonyl (C=O) groups is 1. The van der Waals surface area contributed by atoms with Crippen molar-refractivity contribution in [2.24, 2.45) is 5.73 Å². The predicted octanol–water partition coefficient (Wildman–Crippen LogP) is 3.36. The normalized spacial score (nSPS) is 10.3. The maximum atomic E-state index is 12.2. The Morgan fingerprint density at radius 2 is 2.00 bits per heavy atom. The van der Waals surface area contributed by atoms with Crippen LogP contribution in [0, 0.1) is 6.92 Å². The second kappa shape index (κ2) is 5.87. The lowest BCUT2D eigenvalue weighted by molar-refractivity contribution is 0.102. The Morgan fingerprint density at radius 1 is 1.26 bits per heavy atom. The number of hydrogen-bond acceptors (Lipinski definition) is 2. The lowest BCUT2D eigenvalue weighted by Crippen LogP contribution is -2.16. The molecule has 98 valence electrons. The van der Waals surface area contributed by atoms with Crippen LogP contribution in [0.25, 0.3) is 0 Å². The zero-order chi connectivity index (χ0) is 13.8. The molecule has 2 rings (SSSR count). The van der Waals surface area contributed by atoms with Crippen molar-refractivity contribution < 1.29 is 4.79 Å². The predicted molar refractivity (Wildman–Crippen MR) is 78.5 cm³/mol. The molecule has 0 radical (unpaired) electrons. The summed E-state index contributed by atoms with van der Waals surface area (Å²) in [5.74, 6) is -0.175. The first-order chi connectivity index (χ1) is 9.11. The van der Waals surface area contributed by atoms with Crippen molar-refractivity contribution >= 4 is 23.2 Å². The minimum Gasteiger partial charge on any atom is -0.326 e. The van der Waals surface area contributed by atoms with E-state index in [-0.39, 0.29) is 5.91 Å². The summed E-state index contributed by atoms with van der Waals surface area (Å²) in [5, 5.41) is 3.45. The number of benzene rings is 2. The average Bonchev–Trinajstić information content (AvgIpc) is 2.42. The topological polar surface area (TPSA) is 55.1 Å². The van der Waals surface area contributed by atoms with Gasteiger partial charge in [-0.2, -0.15) is 0 Å². The Kier molecular flexibility index (Phi) is 4.20. The SMILES string of the molecule is Cc1ccc(Cl)cc1NC(=O)c1ccccc1CN. The molecule has 0 spiro atoms. The number of carbonyl (C=O) groups excluding carboxylic acids is 1. The molecule has 0 aromatic heterocycles. The number of nitrogens with one attached hydrogen (secondary N) is 1. The molecule has 2 aromatic carbocycles. The third-order valence-electron chi connectivity index (χ3n) is 2.93. The monoisotopic (exact) mass is 274 g/mol. The van der Waals surface area contributed by atoms with Gasteiger partial charge >= 0.3 is 0 Å². The van der Waals surface area contributed by atoms with Crippen LogP contribution in [0.2, 0.25) is 5.02 Å². The average molecular weight is 275 g/mol. The van der Waals surface area contributed by atoms with Crippen molar-refractivity contribution in [2.75, 3.05) is 5.32 Å². The summed E-state index contributed by atoms with van der Waals surface area (Å²) < 4.78 is 0. The van der Waals surface area contributed by atoms with E-state index in [4.69, 9.17) is 17.3 Å². The second-order valence-corrected chi connectivity index (χ2v) is 4.71. The van der Waals surface area contributed by atoms with Crippen LogP contribution in [0.5, 0.6) is 0 Å². The van der Waals surface area contributed by atoms with Crippen LogP contribution in [-0.4, -0.2) is 5.91 Å². The van der Waals surface area contributed by atoms with Gasteiger partial charge in [0.25, 0.3) is 5.91 Å². The van der Waals surface area contributed by atoms with E-state index in [1.807, 2.05) is 31.2 Å². The Hall–Kier alpha value is -1.84. The zero-order valence-electron chi connectivity index (χ0n) is 10.6. The van der Waals surface area contributed by atoms with Crippen LogP contribution in [0.3, 0.4) is 0 Å². The van der Waals surface area contributed by atoms with Gasteiger partial charge in [-0.25, -0.2) is 0 Å². The number of halogens is 1. The standard InChI is InChI=1S/C15H15ClN2O/c1-10-6-7-12(16)8-14(10)18-15(19)13-5-3-2-4-11(13)9-17/h2-8H,9,17H2,1H3,(H,18,19). The molecule has 1 amide bonds. The molecule has 0 aliphatic heterocycles. The van der Waals surface area contributed by atoms with Crippen LogP contribution < -0.4 is 11.1 Å². The van der Waals surface area contributed by atoms with E-state index in [0.717, 1.165) is 11.1 Å². The molecule has 2 aromatic rings. The first kappa shape index (κ1) is 13.6. The van der Waals surface area contributed by atoms with E-state index in [1.165, 1.54) is 0 Å². The number of rotatable bonds is 3. The molecule has 0 bridgehead atoms. The fourth-order valence-electron chi connectivity index (χ4n) is 1.84. The number of amides is 1. The molecular weight excluding hydrogens is 260 g/mol. The van der Waals surface area contributed by atoms with Crippen molar-refractivity contribution in [1.29, 1.82) is 0 Å². The van der Waals surface area contributed by atoms with Crippen LogP contribution in [0.1, 0.15) is 21.5 Å². The molecule has 19 heavy (non-hydrogen) atoms. The Morgan fingerprint density at radius 3 is 2.74 bits per heavy atom. The van der Waals surface area contributed by atoms with Gasteiger partial charge in [-0.3, -0.25) is 4.79 Å². The van der Waals surface area contributed by atoms with E-state index in [9.17, 15) is 4.79 Å². The molecule has 3 nitrogen and oxygen atoms in total. The van der Waals surface area contributed by atoms with Crippen LogP contribution in [-0.2, 0) is 6.54 Å². The fraction of sp³-hybridized carbons (Fsp3) is 0.133. The first-order valence-electron chi connectivity index (χ1n) is 5.97. The Bertz CT molecular complexity index is 611.